The van der Waals surface area contributed by atoms with Crippen LogP contribution in [0.2, 0.25) is 0 Å². The molecule has 21 heavy (non-hydrogen) atoms. The van der Waals surface area contributed by atoms with Crippen molar-refractivity contribution in [1.82, 2.24) is 14.6 Å². The molecule has 0 radical (unpaired) electrons. The van der Waals surface area contributed by atoms with E-state index in [4.69, 9.17) is 0 Å². The van der Waals surface area contributed by atoms with Crippen LogP contribution in [0.3, 0.4) is 0 Å². The number of aromatic nitrogens is 1. The first-order valence-electron chi connectivity index (χ1n) is 7.99. The lowest BCUT2D eigenvalue weighted by Gasteiger charge is -2.25. The number of aryl methyl sites for hydroxylation is 1. The molecule has 5 nitrogen and oxygen atoms in total. The predicted octanol–water partition coefficient (Wildman–Crippen LogP) is 2.23. The van der Waals surface area contributed by atoms with E-state index in [1.807, 2.05) is 0 Å². The molecule has 1 aromatic heterocycles. The van der Waals surface area contributed by atoms with E-state index in [1.165, 1.54) is 0 Å². The molecule has 120 valence electrons. The number of nitrogens with one attached hydrogen (secondary N) is 2. The Morgan fingerprint density at radius 2 is 2.05 bits per heavy atom. The van der Waals surface area contributed by atoms with Crippen LogP contribution in [0.15, 0.2) is 17.2 Å². The molecule has 0 atom stereocenters. The molecule has 1 fully saturated rings. The van der Waals surface area contributed by atoms with Gasteiger partial charge in [-0.1, -0.05) is 20.3 Å². The van der Waals surface area contributed by atoms with Crippen LogP contribution in [0.5, 0.6) is 0 Å². The summed E-state index contributed by atoms with van der Waals surface area (Å²) >= 11 is 0. The first-order chi connectivity index (χ1) is 10.1. The first kappa shape index (κ1) is 16.5. The predicted molar refractivity (Wildman–Crippen MR) is 84.7 cm³/mol. The summed E-state index contributed by atoms with van der Waals surface area (Å²) in [6.45, 7) is 6.73. The van der Waals surface area contributed by atoms with E-state index in [9.17, 15) is 8.42 Å². The van der Waals surface area contributed by atoms with Crippen molar-refractivity contribution in [2.75, 3.05) is 6.54 Å². The van der Waals surface area contributed by atoms with E-state index < -0.39 is 10.0 Å². The smallest absolute Gasteiger partial charge is 0.242 e. The minimum Gasteiger partial charge on any atom is -0.349 e. The molecule has 0 saturated heterocycles. The van der Waals surface area contributed by atoms with E-state index in [-0.39, 0.29) is 6.04 Å². The average molecular weight is 313 g/mol. The largest absolute Gasteiger partial charge is 0.349 e. The van der Waals surface area contributed by atoms with Crippen molar-refractivity contribution < 1.29 is 8.42 Å². The summed E-state index contributed by atoms with van der Waals surface area (Å²) in [7, 11) is -3.37. The van der Waals surface area contributed by atoms with Crippen LogP contribution in [0, 0.1) is 0 Å². The van der Waals surface area contributed by atoms with Gasteiger partial charge in [-0.3, -0.25) is 0 Å². The fourth-order valence-corrected chi connectivity index (χ4v) is 3.84. The van der Waals surface area contributed by atoms with Crippen LogP contribution in [-0.4, -0.2) is 25.6 Å². The van der Waals surface area contributed by atoms with Gasteiger partial charge in [-0.05, 0) is 38.3 Å². The lowest BCUT2D eigenvalue weighted by atomic mass is 9.94. The fraction of sp³-hybridized carbons (Fsp3) is 0.733. The van der Waals surface area contributed by atoms with Crippen LogP contribution in [-0.2, 0) is 23.1 Å². The van der Waals surface area contributed by atoms with E-state index >= 15 is 0 Å². The van der Waals surface area contributed by atoms with Crippen LogP contribution >= 0.6 is 0 Å². The highest BCUT2D eigenvalue weighted by atomic mass is 32.2. The van der Waals surface area contributed by atoms with Crippen molar-refractivity contribution in [3.63, 3.8) is 0 Å². The first-order valence-corrected chi connectivity index (χ1v) is 9.47. The second-order valence-electron chi connectivity index (χ2n) is 5.79. The van der Waals surface area contributed by atoms with E-state index in [0.29, 0.717) is 11.4 Å². The lowest BCUT2D eigenvalue weighted by Crippen LogP contribution is -2.39. The standard InChI is InChI=1S/C15H27N3O2S/c1-3-8-16-11-14-10-15(12-18(14)9-4-2)21(19,20)17-13-6-5-7-13/h10,12-13,16-17H,3-9,11H2,1-2H3. The summed E-state index contributed by atoms with van der Waals surface area (Å²) in [6, 6.07) is 1.94. The van der Waals surface area contributed by atoms with Crippen LogP contribution in [0.4, 0.5) is 0 Å². The van der Waals surface area contributed by atoms with Gasteiger partial charge in [0, 0.05) is 31.0 Å². The molecule has 0 spiro atoms. The van der Waals surface area contributed by atoms with Gasteiger partial charge >= 0.3 is 0 Å². The molecular formula is C15H27N3O2S. The Morgan fingerprint density at radius 1 is 1.29 bits per heavy atom. The van der Waals surface area contributed by atoms with Gasteiger partial charge in [-0.2, -0.15) is 0 Å². The molecule has 1 aromatic rings. The van der Waals surface area contributed by atoms with Gasteiger partial charge in [0.05, 0.1) is 4.90 Å². The Balaban J connectivity index is 2.12. The number of sulfonamides is 1. The zero-order valence-electron chi connectivity index (χ0n) is 13.1. The van der Waals surface area contributed by atoms with Gasteiger partial charge in [-0.25, -0.2) is 13.1 Å². The Labute approximate surface area is 128 Å². The van der Waals surface area contributed by atoms with Crippen LogP contribution in [0.1, 0.15) is 51.6 Å². The third-order valence-corrected chi connectivity index (χ3v) is 5.38. The highest BCUT2D eigenvalue weighted by Crippen LogP contribution is 2.22. The molecule has 1 aliphatic carbocycles. The highest BCUT2D eigenvalue weighted by Gasteiger charge is 2.26. The second-order valence-corrected chi connectivity index (χ2v) is 7.50. The zero-order valence-corrected chi connectivity index (χ0v) is 13.9. The van der Waals surface area contributed by atoms with Gasteiger partial charge in [0.15, 0.2) is 0 Å². The number of hydrogen-bond acceptors (Lipinski definition) is 3. The minimum absolute atomic E-state index is 0.131. The number of nitrogens with zero attached hydrogens (tertiary/aromatic N) is 1. The monoisotopic (exact) mass is 313 g/mol. The maximum atomic E-state index is 12.4. The quantitative estimate of drug-likeness (QED) is 0.687. The molecule has 0 aromatic carbocycles. The summed E-state index contributed by atoms with van der Waals surface area (Å²) in [5, 5.41) is 3.34. The lowest BCUT2D eigenvalue weighted by molar-refractivity contribution is 0.383. The minimum atomic E-state index is -3.37. The van der Waals surface area contributed by atoms with Gasteiger partial charge < -0.3 is 9.88 Å². The third kappa shape index (κ3) is 4.31. The maximum Gasteiger partial charge on any atom is 0.242 e. The van der Waals surface area contributed by atoms with Gasteiger partial charge in [0.2, 0.25) is 10.0 Å². The highest BCUT2D eigenvalue weighted by molar-refractivity contribution is 7.89. The summed E-state index contributed by atoms with van der Waals surface area (Å²) < 4.78 is 29.6. The molecular weight excluding hydrogens is 286 g/mol. The van der Waals surface area contributed by atoms with Crippen molar-refractivity contribution in [2.45, 2.75) is 70.0 Å². The fourth-order valence-electron chi connectivity index (χ4n) is 2.48. The van der Waals surface area contributed by atoms with Gasteiger partial charge in [0.25, 0.3) is 0 Å². The Kier molecular flexibility index (Phi) is 5.84. The number of hydrogen-bond donors (Lipinski definition) is 2. The summed E-state index contributed by atoms with van der Waals surface area (Å²) in [6.07, 6.45) is 6.87. The van der Waals surface area contributed by atoms with Crippen molar-refractivity contribution in [3.05, 3.63) is 18.0 Å². The van der Waals surface area contributed by atoms with Gasteiger partial charge in [-0.15, -0.1) is 0 Å². The maximum absolute atomic E-state index is 12.4. The molecule has 1 saturated carbocycles. The molecule has 0 amide bonds. The summed E-state index contributed by atoms with van der Waals surface area (Å²) in [4.78, 5) is 0.399. The van der Waals surface area contributed by atoms with E-state index in [0.717, 1.165) is 50.9 Å². The summed E-state index contributed by atoms with van der Waals surface area (Å²) in [5.74, 6) is 0. The zero-order chi connectivity index (χ0) is 15.3. The SMILES string of the molecule is CCCNCc1cc(S(=O)(=O)NC2CCC2)cn1CCC. The molecule has 0 unspecified atom stereocenters. The molecule has 6 heteroatoms. The number of rotatable bonds is 9. The van der Waals surface area contributed by atoms with E-state index in [1.54, 1.807) is 12.3 Å². The molecule has 0 aliphatic heterocycles. The molecule has 1 heterocycles. The molecule has 1 aliphatic rings. The summed E-state index contributed by atoms with van der Waals surface area (Å²) in [5.41, 5.74) is 1.04. The Morgan fingerprint density at radius 3 is 2.62 bits per heavy atom. The van der Waals surface area contributed by atoms with Crippen molar-refractivity contribution >= 4 is 10.0 Å². The van der Waals surface area contributed by atoms with Crippen LogP contribution in [0.25, 0.3) is 0 Å². The Hall–Kier alpha value is -0.850. The van der Waals surface area contributed by atoms with Crippen molar-refractivity contribution in [3.8, 4) is 0 Å². The van der Waals surface area contributed by atoms with Gasteiger partial charge in [0.1, 0.15) is 0 Å². The van der Waals surface area contributed by atoms with Crippen LogP contribution < -0.4 is 10.0 Å². The average Bonchev–Trinajstić information content (AvgIpc) is 2.79. The normalized spacial score (nSPS) is 16.1. The second kappa shape index (κ2) is 7.42. The third-order valence-electron chi connectivity index (χ3n) is 3.90. The molecule has 2 N–H and O–H groups in total. The van der Waals surface area contributed by atoms with Crippen molar-refractivity contribution in [2.24, 2.45) is 0 Å². The molecule has 0 bridgehead atoms. The van der Waals surface area contributed by atoms with E-state index in [2.05, 4.69) is 28.5 Å². The Bertz CT molecular complexity index is 547. The molecule has 2 rings (SSSR count). The topological polar surface area (TPSA) is 63.1 Å². The van der Waals surface area contributed by atoms with Crippen molar-refractivity contribution in [1.29, 1.82) is 0 Å².